The molecule has 0 radical (unpaired) electrons. The van der Waals surface area contributed by atoms with E-state index in [1.54, 1.807) is 13.8 Å². The van der Waals surface area contributed by atoms with E-state index in [9.17, 15) is 9.18 Å². The second-order valence-corrected chi connectivity index (χ2v) is 2.86. The summed E-state index contributed by atoms with van der Waals surface area (Å²) in [5.41, 5.74) is 1.19. The molecule has 0 atom stereocenters. The SMILES string of the molecule is CCc1c(F)ccc(C(=O)O)c1C. The van der Waals surface area contributed by atoms with Crippen LogP contribution in [0.2, 0.25) is 0 Å². The first kappa shape index (κ1) is 9.71. The summed E-state index contributed by atoms with van der Waals surface area (Å²) in [5, 5.41) is 8.75. The fourth-order valence-corrected chi connectivity index (χ4v) is 1.39. The quantitative estimate of drug-likeness (QED) is 0.762. The van der Waals surface area contributed by atoms with Crippen LogP contribution in [0.3, 0.4) is 0 Å². The number of hydrogen-bond donors (Lipinski definition) is 1. The summed E-state index contributed by atoms with van der Waals surface area (Å²) >= 11 is 0. The molecule has 0 aliphatic carbocycles. The number of benzene rings is 1. The topological polar surface area (TPSA) is 37.3 Å². The minimum Gasteiger partial charge on any atom is -0.478 e. The monoisotopic (exact) mass is 182 g/mol. The standard InChI is InChI=1S/C10H11FO2/c1-3-7-6(2)8(10(12)13)4-5-9(7)11/h4-5H,3H2,1-2H3,(H,12,13). The van der Waals surface area contributed by atoms with Crippen LogP contribution in [-0.4, -0.2) is 11.1 Å². The highest BCUT2D eigenvalue weighted by molar-refractivity contribution is 5.89. The lowest BCUT2D eigenvalue weighted by atomic mass is 10.00. The van der Waals surface area contributed by atoms with Gasteiger partial charge in [0.25, 0.3) is 0 Å². The van der Waals surface area contributed by atoms with Gasteiger partial charge in [-0.3, -0.25) is 0 Å². The molecule has 0 saturated carbocycles. The lowest BCUT2D eigenvalue weighted by Crippen LogP contribution is -2.04. The molecule has 1 aromatic carbocycles. The minimum atomic E-state index is -1.01. The Kier molecular flexibility index (Phi) is 2.66. The maximum absolute atomic E-state index is 13.1. The summed E-state index contributed by atoms with van der Waals surface area (Å²) in [6.07, 6.45) is 0.513. The van der Waals surface area contributed by atoms with E-state index in [1.807, 2.05) is 0 Å². The highest BCUT2D eigenvalue weighted by Gasteiger charge is 2.12. The molecule has 0 aliphatic heterocycles. The van der Waals surface area contributed by atoms with E-state index < -0.39 is 5.97 Å². The smallest absolute Gasteiger partial charge is 0.335 e. The molecule has 1 rings (SSSR count). The second kappa shape index (κ2) is 3.56. The van der Waals surface area contributed by atoms with Crippen molar-refractivity contribution in [3.8, 4) is 0 Å². The van der Waals surface area contributed by atoms with E-state index in [2.05, 4.69) is 0 Å². The molecule has 3 heteroatoms. The largest absolute Gasteiger partial charge is 0.478 e. The third-order valence-electron chi connectivity index (χ3n) is 2.13. The van der Waals surface area contributed by atoms with Crippen LogP contribution in [0.15, 0.2) is 12.1 Å². The first-order valence-electron chi connectivity index (χ1n) is 4.09. The molecule has 0 aromatic heterocycles. The van der Waals surface area contributed by atoms with E-state index in [0.29, 0.717) is 17.5 Å². The van der Waals surface area contributed by atoms with E-state index >= 15 is 0 Å². The Hall–Kier alpha value is -1.38. The minimum absolute atomic E-state index is 0.179. The Morgan fingerprint density at radius 2 is 2.15 bits per heavy atom. The van der Waals surface area contributed by atoms with Crippen LogP contribution in [0.4, 0.5) is 4.39 Å². The molecular formula is C10H11FO2. The summed E-state index contributed by atoms with van der Waals surface area (Å²) in [6, 6.07) is 2.50. The maximum atomic E-state index is 13.1. The average Bonchev–Trinajstić information content (AvgIpc) is 2.04. The fourth-order valence-electron chi connectivity index (χ4n) is 1.39. The van der Waals surface area contributed by atoms with Gasteiger partial charge in [-0.1, -0.05) is 6.92 Å². The van der Waals surface area contributed by atoms with Crippen molar-refractivity contribution in [1.82, 2.24) is 0 Å². The molecule has 1 aromatic rings. The van der Waals surface area contributed by atoms with Gasteiger partial charge in [-0.05, 0) is 36.6 Å². The van der Waals surface area contributed by atoms with Gasteiger partial charge in [0.15, 0.2) is 0 Å². The Balaban J connectivity index is 3.35. The van der Waals surface area contributed by atoms with E-state index in [-0.39, 0.29) is 11.4 Å². The molecule has 0 heterocycles. The van der Waals surface area contributed by atoms with Gasteiger partial charge in [-0.25, -0.2) is 9.18 Å². The van der Waals surface area contributed by atoms with Gasteiger partial charge in [0.05, 0.1) is 5.56 Å². The summed E-state index contributed by atoms with van der Waals surface area (Å²) in [5.74, 6) is -1.34. The van der Waals surface area contributed by atoms with Crippen LogP contribution in [0, 0.1) is 12.7 Å². The van der Waals surface area contributed by atoms with Crippen molar-refractivity contribution in [2.24, 2.45) is 0 Å². The van der Waals surface area contributed by atoms with Crippen molar-refractivity contribution in [2.75, 3.05) is 0 Å². The van der Waals surface area contributed by atoms with Crippen molar-refractivity contribution in [3.63, 3.8) is 0 Å². The Morgan fingerprint density at radius 1 is 1.54 bits per heavy atom. The molecule has 0 fully saturated rings. The van der Waals surface area contributed by atoms with E-state index in [1.165, 1.54) is 12.1 Å². The van der Waals surface area contributed by atoms with Crippen molar-refractivity contribution in [3.05, 3.63) is 34.6 Å². The maximum Gasteiger partial charge on any atom is 0.335 e. The van der Waals surface area contributed by atoms with Crippen LogP contribution in [0.1, 0.15) is 28.4 Å². The number of carbonyl (C=O) groups is 1. The molecule has 0 aliphatic rings. The van der Waals surface area contributed by atoms with Gasteiger partial charge in [0.2, 0.25) is 0 Å². The summed E-state index contributed by atoms with van der Waals surface area (Å²) in [7, 11) is 0. The average molecular weight is 182 g/mol. The highest BCUT2D eigenvalue weighted by atomic mass is 19.1. The summed E-state index contributed by atoms with van der Waals surface area (Å²) in [4.78, 5) is 10.7. The van der Waals surface area contributed by atoms with Gasteiger partial charge >= 0.3 is 5.97 Å². The number of carboxylic acids is 1. The Labute approximate surface area is 76.0 Å². The molecule has 0 amide bonds. The van der Waals surface area contributed by atoms with Crippen molar-refractivity contribution < 1.29 is 14.3 Å². The van der Waals surface area contributed by atoms with Gasteiger partial charge in [0.1, 0.15) is 5.82 Å². The van der Waals surface area contributed by atoms with Gasteiger partial charge in [-0.15, -0.1) is 0 Å². The predicted octanol–water partition coefficient (Wildman–Crippen LogP) is 2.39. The molecule has 2 nitrogen and oxygen atoms in total. The summed E-state index contributed by atoms with van der Waals surface area (Å²) in [6.45, 7) is 3.43. The third kappa shape index (κ3) is 1.69. The van der Waals surface area contributed by atoms with Crippen molar-refractivity contribution >= 4 is 5.97 Å². The third-order valence-corrected chi connectivity index (χ3v) is 2.13. The Morgan fingerprint density at radius 3 is 2.62 bits per heavy atom. The highest BCUT2D eigenvalue weighted by Crippen LogP contribution is 2.17. The molecule has 0 bridgehead atoms. The normalized spacial score (nSPS) is 10.1. The van der Waals surface area contributed by atoms with Gasteiger partial charge in [0, 0.05) is 0 Å². The molecule has 70 valence electrons. The van der Waals surface area contributed by atoms with Crippen molar-refractivity contribution in [2.45, 2.75) is 20.3 Å². The first-order chi connectivity index (χ1) is 6.07. The number of hydrogen-bond acceptors (Lipinski definition) is 1. The van der Waals surface area contributed by atoms with E-state index in [0.717, 1.165) is 0 Å². The molecule has 1 N–H and O–H groups in total. The van der Waals surface area contributed by atoms with Crippen LogP contribution >= 0.6 is 0 Å². The zero-order valence-electron chi connectivity index (χ0n) is 7.60. The summed E-state index contributed by atoms with van der Waals surface area (Å²) < 4.78 is 13.1. The van der Waals surface area contributed by atoms with Gasteiger partial charge < -0.3 is 5.11 Å². The lowest BCUT2D eigenvalue weighted by molar-refractivity contribution is 0.0696. The second-order valence-electron chi connectivity index (χ2n) is 2.86. The van der Waals surface area contributed by atoms with E-state index in [4.69, 9.17) is 5.11 Å². The predicted molar refractivity (Wildman–Crippen MR) is 47.5 cm³/mol. The van der Waals surface area contributed by atoms with Crippen LogP contribution in [-0.2, 0) is 6.42 Å². The van der Waals surface area contributed by atoms with Crippen LogP contribution < -0.4 is 0 Å². The van der Waals surface area contributed by atoms with Crippen LogP contribution in [0.25, 0.3) is 0 Å². The zero-order chi connectivity index (χ0) is 10.0. The fraction of sp³-hybridized carbons (Fsp3) is 0.300. The van der Waals surface area contributed by atoms with Crippen LogP contribution in [0.5, 0.6) is 0 Å². The molecular weight excluding hydrogens is 171 g/mol. The van der Waals surface area contributed by atoms with Crippen molar-refractivity contribution in [1.29, 1.82) is 0 Å². The number of aromatic carboxylic acids is 1. The van der Waals surface area contributed by atoms with Gasteiger partial charge in [-0.2, -0.15) is 0 Å². The first-order valence-corrected chi connectivity index (χ1v) is 4.09. The Bertz CT molecular complexity index is 345. The molecule has 0 saturated heterocycles. The number of rotatable bonds is 2. The molecule has 0 spiro atoms. The molecule has 0 unspecified atom stereocenters. The molecule has 13 heavy (non-hydrogen) atoms. The number of carboxylic acid groups (broad SMARTS) is 1. The number of halogens is 1. The zero-order valence-corrected chi connectivity index (χ0v) is 7.60. The lowest BCUT2D eigenvalue weighted by Gasteiger charge is -2.07.